The van der Waals surface area contributed by atoms with Crippen molar-refractivity contribution in [1.29, 1.82) is 0 Å². The number of amides is 3. The maximum atomic E-state index is 12.8. The van der Waals surface area contributed by atoms with Gasteiger partial charge >= 0.3 is 0 Å². The second-order valence-electron chi connectivity index (χ2n) is 6.77. The van der Waals surface area contributed by atoms with Crippen LogP contribution in [0.5, 0.6) is 0 Å². The molecule has 1 aromatic rings. The van der Waals surface area contributed by atoms with Gasteiger partial charge in [0.2, 0.25) is 17.7 Å². The number of hydrogen-bond donors (Lipinski definition) is 0. The van der Waals surface area contributed by atoms with Gasteiger partial charge in [0.1, 0.15) is 0 Å². The zero-order chi connectivity index (χ0) is 17.1. The van der Waals surface area contributed by atoms with Crippen molar-refractivity contribution in [3.05, 3.63) is 35.9 Å². The van der Waals surface area contributed by atoms with Crippen molar-refractivity contribution in [2.24, 2.45) is 5.92 Å². The summed E-state index contributed by atoms with van der Waals surface area (Å²) in [6, 6.07) is 10.1. The molecule has 1 unspecified atom stereocenters. The smallest absolute Gasteiger partial charge is 0.229 e. The number of carbonyl (C=O) groups is 3. The highest BCUT2D eigenvalue weighted by Gasteiger charge is 2.35. The van der Waals surface area contributed by atoms with E-state index in [4.69, 9.17) is 0 Å². The minimum Gasteiger partial charge on any atom is -0.335 e. The lowest BCUT2D eigenvalue weighted by Gasteiger charge is -2.30. The van der Waals surface area contributed by atoms with Crippen molar-refractivity contribution in [2.45, 2.75) is 51.6 Å². The molecule has 128 valence electrons. The van der Waals surface area contributed by atoms with E-state index in [1.165, 1.54) is 17.7 Å². The first-order valence-corrected chi connectivity index (χ1v) is 8.73. The Morgan fingerprint density at radius 3 is 2.38 bits per heavy atom. The van der Waals surface area contributed by atoms with E-state index in [1.54, 1.807) is 0 Å². The summed E-state index contributed by atoms with van der Waals surface area (Å²) in [6.45, 7) is 2.89. The minimum absolute atomic E-state index is 0.0192. The lowest BCUT2D eigenvalue weighted by atomic mass is 10.1. The summed E-state index contributed by atoms with van der Waals surface area (Å²) in [5.41, 5.74) is 1.10. The number of likely N-dealkylation sites (tertiary alicyclic amines) is 1. The van der Waals surface area contributed by atoms with Crippen molar-refractivity contribution in [3.8, 4) is 0 Å². The molecule has 1 aromatic carbocycles. The van der Waals surface area contributed by atoms with Crippen molar-refractivity contribution >= 4 is 17.7 Å². The molecule has 2 fully saturated rings. The van der Waals surface area contributed by atoms with E-state index in [-0.39, 0.29) is 49.6 Å². The normalized spacial score (nSPS) is 18.8. The van der Waals surface area contributed by atoms with E-state index in [9.17, 15) is 14.4 Å². The van der Waals surface area contributed by atoms with Gasteiger partial charge in [0.25, 0.3) is 0 Å². The monoisotopic (exact) mass is 328 g/mol. The van der Waals surface area contributed by atoms with Crippen LogP contribution in [0.15, 0.2) is 30.3 Å². The molecule has 24 heavy (non-hydrogen) atoms. The fourth-order valence-corrected chi connectivity index (χ4v) is 3.30. The first-order valence-electron chi connectivity index (χ1n) is 8.73. The summed E-state index contributed by atoms with van der Waals surface area (Å²) in [4.78, 5) is 39.3. The van der Waals surface area contributed by atoms with Crippen LogP contribution in [0.25, 0.3) is 0 Å². The van der Waals surface area contributed by atoms with Crippen LogP contribution >= 0.6 is 0 Å². The van der Waals surface area contributed by atoms with Gasteiger partial charge in [-0.1, -0.05) is 30.3 Å². The number of imide groups is 1. The van der Waals surface area contributed by atoms with Crippen LogP contribution in [0.4, 0.5) is 0 Å². The zero-order valence-corrected chi connectivity index (χ0v) is 14.1. The van der Waals surface area contributed by atoms with Gasteiger partial charge in [0.15, 0.2) is 0 Å². The summed E-state index contributed by atoms with van der Waals surface area (Å²) in [5, 5.41) is 0. The standard InChI is InChI=1S/C19H24N2O3/c1-14(16-7-8-16)21(13-15-5-3-2-4-6-15)19(24)11-12-20-17(22)9-10-18(20)23/h2-6,14,16H,7-13H2,1H3. The van der Waals surface area contributed by atoms with Gasteiger partial charge in [-0.05, 0) is 31.2 Å². The van der Waals surface area contributed by atoms with Gasteiger partial charge in [-0.3, -0.25) is 19.3 Å². The van der Waals surface area contributed by atoms with Crippen LogP contribution in [0.3, 0.4) is 0 Å². The molecule has 5 heteroatoms. The van der Waals surface area contributed by atoms with E-state index >= 15 is 0 Å². The molecule has 1 saturated carbocycles. The number of benzene rings is 1. The first kappa shape index (κ1) is 16.7. The minimum atomic E-state index is -0.155. The molecule has 0 aromatic heterocycles. The summed E-state index contributed by atoms with van der Waals surface area (Å²) >= 11 is 0. The molecule has 5 nitrogen and oxygen atoms in total. The average molecular weight is 328 g/mol. The van der Waals surface area contributed by atoms with Crippen LogP contribution < -0.4 is 0 Å². The van der Waals surface area contributed by atoms with Crippen LogP contribution in [0.2, 0.25) is 0 Å². The molecular weight excluding hydrogens is 304 g/mol. The second kappa shape index (κ2) is 7.16. The highest BCUT2D eigenvalue weighted by atomic mass is 16.2. The lowest BCUT2D eigenvalue weighted by molar-refractivity contribution is -0.140. The SMILES string of the molecule is CC(C1CC1)N(Cc1ccccc1)C(=O)CCN1C(=O)CCC1=O. The number of carbonyl (C=O) groups excluding carboxylic acids is 3. The number of nitrogens with zero attached hydrogens (tertiary/aromatic N) is 2. The Morgan fingerprint density at radius 1 is 1.17 bits per heavy atom. The molecule has 1 aliphatic heterocycles. The fourth-order valence-electron chi connectivity index (χ4n) is 3.30. The highest BCUT2D eigenvalue weighted by molar-refractivity contribution is 6.02. The van der Waals surface area contributed by atoms with Crippen LogP contribution in [-0.2, 0) is 20.9 Å². The van der Waals surface area contributed by atoms with Gasteiger partial charge in [0, 0.05) is 38.4 Å². The fraction of sp³-hybridized carbons (Fsp3) is 0.526. The Kier molecular flexibility index (Phi) is 4.97. The third-order valence-electron chi connectivity index (χ3n) is 5.02. The summed E-state index contributed by atoms with van der Waals surface area (Å²) in [6.07, 6.45) is 3.10. The molecule has 2 aliphatic rings. The molecule has 0 N–H and O–H groups in total. The van der Waals surface area contributed by atoms with Crippen LogP contribution in [0, 0.1) is 5.92 Å². The van der Waals surface area contributed by atoms with Gasteiger partial charge in [0.05, 0.1) is 0 Å². The third kappa shape index (κ3) is 3.83. The molecule has 1 aliphatic carbocycles. The molecular formula is C19H24N2O3. The predicted molar refractivity (Wildman–Crippen MR) is 89.7 cm³/mol. The molecule has 3 rings (SSSR count). The molecule has 1 saturated heterocycles. The molecule has 0 spiro atoms. The van der Waals surface area contributed by atoms with Crippen molar-refractivity contribution in [2.75, 3.05) is 6.54 Å². The first-order chi connectivity index (χ1) is 11.6. The molecule has 3 amide bonds. The summed E-state index contributed by atoms with van der Waals surface area (Å²) < 4.78 is 0. The van der Waals surface area contributed by atoms with Gasteiger partial charge < -0.3 is 4.90 Å². The van der Waals surface area contributed by atoms with Crippen LogP contribution in [0.1, 0.15) is 44.6 Å². The topological polar surface area (TPSA) is 57.7 Å². The maximum absolute atomic E-state index is 12.8. The van der Waals surface area contributed by atoms with E-state index in [1.807, 2.05) is 35.2 Å². The highest BCUT2D eigenvalue weighted by Crippen LogP contribution is 2.36. The zero-order valence-electron chi connectivity index (χ0n) is 14.1. The van der Waals surface area contributed by atoms with Crippen LogP contribution in [-0.4, -0.2) is 40.1 Å². The van der Waals surface area contributed by atoms with Crippen molar-refractivity contribution in [1.82, 2.24) is 9.80 Å². The number of hydrogen-bond acceptors (Lipinski definition) is 3. The lowest BCUT2D eigenvalue weighted by Crippen LogP contribution is -2.41. The van der Waals surface area contributed by atoms with Crippen molar-refractivity contribution in [3.63, 3.8) is 0 Å². The Morgan fingerprint density at radius 2 is 1.79 bits per heavy atom. The van der Waals surface area contributed by atoms with Gasteiger partial charge in [-0.2, -0.15) is 0 Å². The Hall–Kier alpha value is -2.17. The Bertz CT molecular complexity index is 609. The maximum Gasteiger partial charge on any atom is 0.229 e. The molecule has 1 atom stereocenters. The summed E-state index contributed by atoms with van der Waals surface area (Å²) in [5.74, 6) is 0.286. The van der Waals surface area contributed by atoms with E-state index in [0.717, 1.165) is 5.56 Å². The third-order valence-corrected chi connectivity index (χ3v) is 5.02. The molecule has 0 radical (unpaired) electrons. The summed E-state index contributed by atoms with van der Waals surface area (Å²) in [7, 11) is 0. The second-order valence-corrected chi connectivity index (χ2v) is 6.77. The van der Waals surface area contributed by atoms with E-state index < -0.39 is 0 Å². The Labute approximate surface area is 142 Å². The quantitative estimate of drug-likeness (QED) is 0.722. The number of rotatable bonds is 7. The Balaban J connectivity index is 1.64. The van der Waals surface area contributed by atoms with Gasteiger partial charge in [-0.15, -0.1) is 0 Å². The molecule has 1 heterocycles. The van der Waals surface area contributed by atoms with E-state index in [0.29, 0.717) is 12.5 Å². The average Bonchev–Trinajstić information content (AvgIpc) is 3.38. The van der Waals surface area contributed by atoms with Crippen molar-refractivity contribution < 1.29 is 14.4 Å². The van der Waals surface area contributed by atoms with E-state index in [2.05, 4.69) is 6.92 Å². The molecule has 0 bridgehead atoms. The van der Waals surface area contributed by atoms with Gasteiger partial charge in [-0.25, -0.2) is 0 Å². The largest absolute Gasteiger partial charge is 0.335 e. The predicted octanol–water partition coefficient (Wildman–Crippen LogP) is 2.35.